The fourth-order valence-electron chi connectivity index (χ4n) is 7.58. The van der Waals surface area contributed by atoms with Gasteiger partial charge in [-0.2, -0.15) is 13.2 Å². The van der Waals surface area contributed by atoms with E-state index >= 15 is 0 Å². The first kappa shape index (κ1) is 30.4. The molecular formula is C31H35F3N4O5S. The molecule has 3 aliphatic carbocycles. The number of amides is 1. The summed E-state index contributed by atoms with van der Waals surface area (Å²) in [6.45, 7) is 1.84. The number of alkyl halides is 3. The van der Waals surface area contributed by atoms with E-state index in [2.05, 4.69) is 10.3 Å². The van der Waals surface area contributed by atoms with Gasteiger partial charge in [0.25, 0.3) is 10.0 Å². The number of nitrogens with one attached hydrogen (secondary N) is 1. The maximum atomic E-state index is 13.5. The van der Waals surface area contributed by atoms with Crippen molar-refractivity contribution in [3.05, 3.63) is 53.9 Å². The van der Waals surface area contributed by atoms with Crippen molar-refractivity contribution in [2.75, 3.05) is 11.4 Å². The first-order valence-corrected chi connectivity index (χ1v) is 16.2. The lowest BCUT2D eigenvalue weighted by Gasteiger charge is -2.39. The molecule has 3 aromatic rings. The fraction of sp³-hybridized carbons (Fsp3) is 0.516. The number of aromatic nitrogens is 2. The third kappa shape index (κ3) is 5.22. The van der Waals surface area contributed by atoms with Crippen LogP contribution in [0.2, 0.25) is 0 Å². The Hall–Kier alpha value is -3.61. The highest BCUT2D eigenvalue weighted by molar-refractivity contribution is 7.92. The second-order valence-electron chi connectivity index (χ2n) is 12.7. The summed E-state index contributed by atoms with van der Waals surface area (Å²) in [6, 6.07) is 11.5. The number of aliphatic carboxylic acids is 1. The average molecular weight is 633 g/mol. The lowest BCUT2D eigenvalue weighted by Crippen LogP contribution is -2.52. The number of aryl methyl sites for hydroxylation is 2. The van der Waals surface area contributed by atoms with Crippen LogP contribution in [-0.2, 0) is 26.7 Å². The van der Waals surface area contributed by atoms with Crippen molar-refractivity contribution in [3.8, 4) is 0 Å². The highest BCUT2D eigenvalue weighted by Crippen LogP contribution is 2.65. The molecule has 9 nitrogen and oxygen atoms in total. The van der Waals surface area contributed by atoms with Crippen LogP contribution < -0.4 is 9.62 Å². The number of carbonyl (C=O) groups excluding carboxylic acids is 1. The van der Waals surface area contributed by atoms with Crippen LogP contribution in [0.4, 0.5) is 18.9 Å². The zero-order valence-electron chi connectivity index (χ0n) is 24.6. The van der Waals surface area contributed by atoms with Crippen molar-refractivity contribution >= 4 is 38.6 Å². The molecule has 0 radical (unpaired) electrons. The highest BCUT2D eigenvalue weighted by Gasteiger charge is 2.69. The van der Waals surface area contributed by atoms with Crippen molar-refractivity contribution in [2.24, 2.45) is 30.7 Å². The quantitative estimate of drug-likeness (QED) is 0.355. The lowest BCUT2D eigenvalue weighted by molar-refractivity contribution is -0.155. The molecule has 6 atom stereocenters. The number of hydrogen-bond acceptors (Lipinski definition) is 5. The van der Waals surface area contributed by atoms with E-state index in [4.69, 9.17) is 0 Å². The van der Waals surface area contributed by atoms with Gasteiger partial charge < -0.3 is 15.0 Å². The predicted molar refractivity (Wildman–Crippen MR) is 156 cm³/mol. The number of sulfonamides is 1. The maximum Gasteiger partial charge on any atom is 0.389 e. The number of imidazole rings is 1. The van der Waals surface area contributed by atoms with E-state index in [0.29, 0.717) is 42.5 Å². The first-order valence-electron chi connectivity index (χ1n) is 14.7. The molecule has 44 heavy (non-hydrogen) atoms. The number of nitrogens with zero attached hydrogens (tertiary/aromatic N) is 3. The second kappa shape index (κ2) is 10.5. The largest absolute Gasteiger partial charge is 0.481 e. The minimum atomic E-state index is -4.24. The van der Waals surface area contributed by atoms with Crippen LogP contribution in [0, 0.1) is 30.6 Å². The van der Waals surface area contributed by atoms with Gasteiger partial charge in [0.1, 0.15) is 5.82 Å². The summed E-state index contributed by atoms with van der Waals surface area (Å²) >= 11 is 0. The summed E-state index contributed by atoms with van der Waals surface area (Å²) in [4.78, 5) is 30.4. The maximum absolute atomic E-state index is 13.5. The Bertz CT molecular complexity index is 1740. The van der Waals surface area contributed by atoms with Crippen LogP contribution in [0.3, 0.4) is 0 Å². The molecule has 3 saturated carbocycles. The summed E-state index contributed by atoms with van der Waals surface area (Å²) in [5, 5.41) is 13.1. The standard InChI is InChI=1S/C31H35F3N4O5S/c1-17-35-25-13-21(11-12-26(25)37(17)2)44(42,43)38(3)20-9-7-18(8-10-20)22-5-4-6-23(27(22)29(40)41)28(39)36-30-14-19(24(30)16-30)15-31(32,33)34/h7-13,19,22-24,27H,4-6,14-16H2,1-3H3,(H,36,39)(H,40,41)/t19?,22-,23-,24?,27-,30?/m1/s1. The molecule has 1 aromatic heterocycles. The molecule has 3 unspecified atom stereocenters. The summed E-state index contributed by atoms with van der Waals surface area (Å²) in [6.07, 6.45) is -2.79. The van der Waals surface area contributed by atoms with E-state index in [9.17, 15) is 36.3 Å². The second-order valence-corrected chi connectivity index (χ2v) is 14.6. The molecule has 0 aliphatic heterocycles. The summed E-state index contributed by atoms with van der Waals surface area (Å²) in [5.74, 6) is -3.74. The summed E-state index contributed by atoms with van der Waals surface area (Å²) in [5.41, 5.74) is 1.84. The highest BCUT2D eigenvalue weighted by atomic mass is 32.2. The molecule has 1 heterocycles. The molecule has 0 saturated heterocycles. The average Bonchev–Trinajstić information content (AvgIpc) is 3.45. The fourth-order valence-corrected chi connectivity index (χ4v) is 8.79. The zero-order chi connectivity index (χ0) is 31.8. The number of carboxylic acid groups (broad SMARTS) is 1. The third-order valence-corrected chi connectivity index (χ3v) is 11.9. The molecule has 2 N–H and O–H groups in total. The number of rotatable bonds is 8. The molecule has 3 fully saturated rings. The number of carbonyl (C=O) groups is 2. The molecule has 6 rings (SSSR count). The van der Waals surface area contributed by atoms with Crippen LogP contribution in [0.25, 0.3) is 11.0 Å². The van der Waals surface area contributed by atoms with E-state index < -0.39 is 63.7 Å². The van der Waals surface area contributed by atoms with Gasteiger partial charge in [-0.25, -0.2) is 13.4 Å². The number of benzene rings is 2. The van der Waals surface area contributed by atoms with E-state index in [1.54, 1.807) is 30.3 Å². The minimum Gasteiger partial charge on any atom is -0.481 e. The van der Waals surface area contributed by atoms with E-state index in [1.807, 2.05) is 18.5 Å². The van der Waals surface area contributed by atoms with Crippen molar-refractivity contribution in [1.29, 1.82) is 0 Å². The Kier molecular flexibility index (Phi) is 7.25. The summed E-state index contributed by atoms with van der Waals surface area (Å²) < 4.78 is 68.4. The Morgan fingerprint density at radius 2 is 1.84 bits per heavy atom. The number of fused-ring (bicyclic) bond motifs is 2. The van der Waals surface area contributed by atoms with Crippen molar-refractivity contribution < 1.29 is 36.3 Å². The van der Waals surface area contributed by atoms with Crippen LogP contribution in [-0.4, -0.2) is 53.7 Å². The smallest absolute Gasteiger partial charge is 0.389 e. The molecular weight excluding hydrogens is 597 g/mol. The predicted octanol–water partition coefficient (Wildman–Crippen LogP) is 5.14. The monoisotopic (exact) mass is 632 g/mol. The molecule has 2 aromatic carbocycles. The Morgan fingerprint density at radius 3 is 2.48 bits per heavy atom. The molecule has 0 bridgehead atoms. The van der Waals surface area contributed by atoms with E-state index in [0.717, 1.165) is 15.6 Å². The molecule has 236 valence electrons. The van der Waals surface area contributed by atoms with Gasteiger partial charge in [-0.15, -0.1) is 0 Å². The van der Waals surface area contributed by atoms with Crippen LogP contribution in [0.15, 0.2) is 47.4 Å². The van der Waals surface area contributed by atoms with Gasteiger partial charge in [-0.1, -0.05) is 18.6 Å². The molecule has 13 heteroatoms. The van der Waals surface area contributed by atoms with Crippen molar-refractivity contribution in [3.63, 3.8) is 0 Å². The van der Waals surface area contributed by atoms with E-state index in [1.165, 1.54) is 19.2 Å². The number of halogens is 3. The van der Waals surface area contributed by atoms with Gasteiger partial charge in [0.05, 0.1) is 33.5 Å². The topological polar surface area (TPSA) is 122 Å². The number of anilines is 1. The zero-order valence-corrected chi connectivity index (χ0v) is 25.5. The van der Waals surface area contributed by atoms with Crippen LogP contribution in [0.1, 0.15) is 55.8 Å². The third-order valence-electron chi connectivity index (χ3n) is 10.1. The molecule has 1 amide bonds. The summed E-state index contributed by atoms with van der Waals surface area (Å²) in [7, 11) is -0.614. The normalized spacial score (nSPS) is 28.2. The van der Waals surface area contributed by atoms with Crippen molar-refractivity contribution in [1.82, 2.24) is 14.9 Å². The van der Waals surface area contributed by atoms with Gasteiger partial charge >= 0.3 is 12.1 Å². The Balaban J connectivity index is 1.16. The van der Waals surface area contributed by atoms with Crippen molar-refractivity contribution in [2.45, 2.75) is 68.0 Å². The van der Waals surface area contributed by atoms with Gasteiger partial charge in [-0.05, 0) is 86.3 Å². The molecule has 3 aliphatic rings. The van der Waals surface area contributed by atoms with Gasteiger partial charge in [0.2, 0.25) is 5.91 Å². The SMILES string of the molecule is Cc1nc2cc(S(=O)(=O)N(C)c3ccc([C@H]4CCC[C@@H](C(=O)NC56CC(CC(F)(F)F)C5C6)[C@@H]4C(=O)O)cc3)ccc2n1C. The lowest BCUT2D eigenvalue weighted by atomic mass is 9.68. The van der Waals surface area contributed by atoms with Gasteiger partial charge in [-0.3, -0.25) is 13.9 Å². The van der Waals surface area contributed by atoms with Crippen LogP contribution >= 0.6 is 0 Å². The van der Waals surface area contributed by atoms with E-state index in [-0.39, 0.29) is 17.2 Å². The minimum absolute atomic E-state index is 0.0929. The Morgan fingerprint density at radius 1 is 1.14 bits per heavy atom. The van der Waals surface area contributed by atoms with Gasteiger partial charge in [0.15, 0.2) is 0 Å². The van der Waals surface area contributed by atoms with Gasteiger partial charge in [0, 0.05) is 26.1 Å². The number of carboxylic acids is 1. The van der Waals surface area contributed by atoms with Crippen LogP contribution in [0.5, 0.6) is 0 Å². The Labute approximate surface area is 253 Å². The molecule has 0 spiro atoms. The number of hydrogen-bond donors (Lipinski definition) is 2. The first-order chi connectivity index (χ1) is 20.6.